The minimum absolute atomic E-state index is 0.632. The van der Waals surface area contributed by atoms with E-state index in [0.29, 0.717) is 6.54 Å². The van der Waals surface area contributed by atoms with Gasteiger partial charge in [-0.2, -0.15) is 0 Å². The second-order valence-corrected chi connectivity index (χ2v) is 5.33. The van der Waals surface area contributed by atoms with Crippen molar-refractivity contribution in [2.75, 3.05) is 20.3 Å². The lowest BCUT2D eigenvalue weighted by Crippen LogP contribution is -2.16. The molecule has 106 valence electrons. The van der Waals surface area contributed by atoms with Crippen LogP contribution in [-0.4, -0.2) is 20.3 Å². The van der Waals surface area contributed by atoms with Crippen molar-refractivity contribution >= 4 is 0 Å². The zero-order valence-electron chi connectivity index (χ0n) is 11.9. The highest BCUT2D eigenvalue weighted by atomic mass is 16.5. The maximum atomic E-state index is 6.02. The Hall–Kier alpha value is -1.22. The molecular formula is C16H25NO2. The van der Waals surface area contributed by atoms with E-state index in [9.17, 15) is 0 Å². The van der Waals surface area contributed by atoms with Gasteiger partial charge in [0.2, 0.25) is 0 Å². The molecule has 1 fully saturated rings. The maximum Gasteiger partial charge on any atom is 0.122 e. The molecule has 3 heteroatoms. The normalized spacial score (nSPS) is 16.3. The smallest absolute Gasteiger partial charge is 0.122 e. The molecule has 0 radical (unpaired) electrons. The highest BCUT2D eigenvalue weighted by molar-refractivity contribution is 5.40. The van der Waals surface area contributed by atoms with Crippen LogP contribution in [-0.2, 0) is 6.42 Å². The zero-order valence-corrected chi connectivity index (χ0v) is 11.9. The van der Waals surface area contributed by atoms with Crippen molar-refractivity contribution in [1.29, 1.82) is 0 Å². The minimum Gasteiger partial charge on any atom is -0.497 e. The van der Waals surface area contributed by atoms with E-state index >= 15 is 0 Å². The van der Waals surface area contributed by atoms with Gasteiger partial charge >= 0.3 is 0 Å². The molecule has 1 saturated carbocycles. The molecule has 1 aromatic carbocycles. The molecule has 0 bridgehead atoms. The molecule has 2 rings (SSSR count). The van der Waals surface area contributed by atoms with Gasteiger partial charge in [0, 0.05) is 0 Å². The van der Waals surface area contributed by atoms with Gasteiger partial charge in [-0.15, -0.1) is 0 Å². The number of methoxy groups -OCH3 is 1. The molecule has 19 heavy (non-hydrogen) atoms. The van der Waals surface area contributed by atoms with Crippen LogP contribution in [0.1, 0.15) is 37.7 Å². The molecule has 1 aliphatic carbocycles. The van der Waals surface area contributed by atoms with Crippen LogP contribution >= 0.6 is 0 Å². The standard InChI is InChI=1S/C16H25NO2/c1-18-15-7-8-16(14(11-15)9-10-17)19-12-13-5-3-2-4-6-13/h7-8,11,13H,2-6,9-10,12,17H2,1H3. The first-order valence-corrected chi connectivity index (χ1v) is 7.33. The van der Waals surface area contributed by atoms with Gasteiger partial charge in [-0.3, -0.25) is 0 Å². The fourth-order valence-corrected chi connectivity index (χ4v) is 2.74. The maximum absolute atomic E-state index is 6.02. The number of rotatable bonds is 6. The van der Waals surface area contributed by atoms with E-state index in [1.54, 1.807) is 7.11 Å². The van der Waals surface area contributed by atoms with Crippen molar-refractivity contribution in [3.05, 3.63) is 23.8 Å². The van der Waals surface area contributed by atoms with Gasteiger partial charge in [0.05, 0.1) is 13.7 Å². The molecule has 3 nitrogen and oxygen atoms in total. The molecule has 0 aliphatic heterocycles. The second kappa shape index (κ2) is 7.39. The minimum atomic E-state index is 0.632. The van der Waals surface area contributed by atoms with Crippen LogP contribution in [0.15, 0.2) is 18.2 Å². The Bertz CT molecular complexity index is 386. The van der Waals surface area contributed by atoms with E-state index in [1.165, 1.54) is 32.1 Å². The quantitative estimate of drug-likeness (QED) is 0.857. The summed E-state index contributed by atoms with van der Waals surface area (Å²) in [5.41, 5.74) is 6.81. The number of hydrogen-bond donors (Lipinski definition) is 1. The molecule has 0 spiro atoms. The summed E-state index contributed by atoms with van der Waals surface area (Å²) in [4.78, 5) is 0. The average Bonchev–Trinajstić information content (AvgIpc) is 2.47. The SMILES string of the molecule is COc1ccc(OCC2CCCCC2)c(CCN)c1. The monoisotopic (exact) mass is 263 g/mol. The van der Waals surface area contributed by atoms with Crippen molar-refractivity contribution in [1.82, 2.24) is 0 Å². The summed E-state index contributed by atoms with van der Waals surface area (Å²) in [7, 11) is 1.68. The lowest BCUT2D eigenvalue weighted by atomic mass is 9.90. The summed E-state index contributed by atoms with van der Waals surface area (Å²) in [5, 5.41) is 0. The van der Waals surface area contributed by atoms with Crippen molar-refractivity contribution in [3.8, 4) is 11.5 Å². The van der Waals surface area contributed by atoms with E-state index in [1.807, 2.05) is 18.2 Å². The predicted octanol–water partition coefficient (Wildman–Crippen LogP) is 3.16. The first kappa shape index (κ1) is 14.2. The van der Waals surface area contributed by atoms with Crippen LogP contribution in [0.4, 0.5) is 0 Å². The summed E-state index contributed by atoms with van der Waals surface area (Å²) >= 11 is 0. The number of nitrogens with two attached hydrogens (primary N) is 1. The fourth-order valence-electron chi connectivity index (χ4n) is 2.74. The first-order valence-electron chi connectivity index (χ1n) is 7.33. The molecule has 2 N–H and O–H groups in total. The lowest BCUT2D eigenvalue weighted by molar-refractivity contribution is 0.207. The molecule has 0 atom stereocenters. The van der Waals surface area contributed by atoms with E-state index in [4.69, 9.17) is 15.2 Å². The van der Waals surface area contributed by atoms with Gasteiger partial charge in [0.1, 0.15) is 11.5 Å². The molecule has 1 aliphatic rings. The van der Waals surface area contributed by atoms with E-state index in [-0.39, 0.29) is 0 Å². The lowest BCUT2D eigenvalue weighted by Gasteiger charge is -2.22. The Morgan fingerprint density at radius 2 is 2.00 bits per heavy atom. The summed E-state index contributed by atoms with van der Waals surface area (Å²) in [6, 6.07) is 5.99. The first-order chi connectivity index (χ1) is 9.33. The van der Waals surface area contributed by atoms with Crippen LogP contribution in [0.25, 0.3) is 0 Å². The summed E-state index contributed by atoms with van der Waals surface area (Å²) < 4.78 is 11.3. The van der Waals surface area contributed by atoms with Gasteiger partial charge in [0.15, 0.2) is 0 Å². The van der Waals surface area contributed by atoms with Crippen LogP contribution in [0.2, 0.25) is 0 Å². The van der Waals surface area contributed by atoms with Crippen molar-refractivity contribution in [3.63, 3.8) is 0 Å². The van der Waals surface area contributed by atoms with Gasteiger partial charge in [-0.1, -0.05) is 19.3 Å². The highest BCUT2D eigenvalue weighted by Crippen LogP contribution is 2.28. The van der Waals surface area contributed by atoms with Crippen LogP contribution in [0.5, 0.6) is 11.5 Å². The van der Waals surface area contributed by atoms with Gasteiger partial charge in [0.25, 0.3) is 0 Å². The molecular weight excluding hydrogens is 238 g/mol. The third-order valence-corrected chi connectivity index (χ3v) is 3.88. The zero-order chi connectivity index (χ0) is 13.5. The summed E-state index contributed by atoms with van der Waals surface area (Å²) in [6.07, 6.45) is 7.54. The van der Waals surface area contributed by atoms with Gasteiger partial charge in [-0.05, 0) is 55.5 Å². The van der Waals surface area contributed by atoms with E-state index in [0.717, 1.165) is 36.0 Å². The third-order valence-electron chi connectivity index (χ3n) is 3.88. The van der Waals surface area contributed by atoms with E-state index in [2.05, 4.69) is 0 Å². The largest absolute Gasteiger partial charge is 0.497 e. The Morgan fingerprint density at radius 3 is 2.68 bits per heavy atom. The molecule has 0 unspecified atom stereocenters. The van der Waals surface area contributed by atoms with Crippen molar-refractivity contribution < 1.29 is 9.47 Å². The third kappa shape index (κ3) is 4.13. The summed E-state index contributed by atoms with van der Waals surface area (Å²) in [5.74, 6) is 2.56. The Labute approximate surface area is 116 Å². The fraction of sp³-hybridized carbons (Fsp3) is 0.625. The topological polar surface area (TPSA) is 44.5 Å². The average molecular weight is 263 g/mol. The number of ether oxygens (including phenoxy) is 2. The Kier molecular flexibility index (Phi) is 5.52. The number of benzene rings is 1. The highest BCUT2D eigenvalue weighted by Gasteiger charge is 2.15. The second-order valence-electron chi connectivity index (χ2n) is 5.33. The molecule has 1 aromatic rings. The summed E-state index contributed by atoms with van der Waals surface area (Å²) in [6.45, 7) is 1.47. The van der Waals surface area contributed by atoms with Gasteiger partial charge < -0.3 is 15.2 Å². The Balaban J connectivity index is 1.97. The molecule has 0 heterocycles. The predicted molar refractivity (Wildman–Crippen MR) is 77.8 cm³/mol. The van der Waals surface area contributed by atoms with E-state index < -0.39 is 0 Å². The molecule has 0 aromatic heterocycles. The molecule has 0 saturated heterocycles. The van der Waals surface area contributed by atoms with Crippen molar-refractivity contribution in [2.24, 2.45) is 11.7 Å². The number of hydrogen-bond acceptors (Lipinski definition) is 3. The van der Waals surface area contributed by atoms with Crippen LogP contribution in [0.3, 0.4) is 0 Å². The van der Waals surface area contributed by atoms with Gasteiger partial charge in [-0.25, -0.2) is 0 Å². The van der Waals surface area contributed by atoms with Crippen LogP contribution in [0, 0.1) is 5.92 Å². The molecule has 0 amide bonds. The van der Waals surface area contributed by atoms with Crippen molar-refractivity contribution in [2.45, 2.75) is 38.5 Å². The Morgan fingerprint density at radius 1 is 1.21 bits per heavy atom. The van der Waals surface area contributed by atoms with Crippen LogP contribution < -0.4 is 15.2 Å².